The van der Waals surface area contributed by atoms with E-state index in [0.29, 0.717) is 0 Å². The second-order valence-corrected chi connectivity index (χ2v) is 4.66. The van der Waals surface area contributed by atoms with Crippen molar-refractivity contribution >= 4 is 5.69 Å². The van der Waals surface area contributed by atoms with Crippen molar-refractivity contribution in [3.8, 4) is 16.9 Å². The third-order valence-electron chi connectivity index (χ3n) is 3.27. The summed E-state index contributed by atoms with van der Waals surface area (Å²) in [5.74, 6) is 0. The highest BCUT2D eigenvalue weighted by Crippen LogP contribution is 2.27. The van der Waals surface area contributed by atoms with E-state index < -0.39 is 0 Å². The van der Waals surface area contributed by atoms with Crippen LogP contribution in [0.3, 0.4) is 0 Å². The number of hydrogen-bond donors (Lipinski definition) is 1. The van der Waals surface area contributed by atoms with Gasteiger partial charge in [-0.1, -0.05) is 30.3 Å². The van der Waals surface area contributed by atoms with E-state index in [4.69, 9.17) is 5.73 Å². The first-order chi connectivity index (χ1) is 9.25. The van der Waals surface area contributed by atoms with Crippen LogP contribution in [0.15, 0.2) is 66.7 Å². The molecule has 2 nitrogen and oxygen atoms in total. The normalized spacial score (nSPS) is 10.6. The van der Waals surface area contributed by atoms with Crippen LogP contribution in [0.1, 0.15) is 5.69 Å². The van der Waals surface area contributed by atoms with Gasteiger partial charge >= 0.3 is 0 Å². The van der Waals surface area contributed by atoms with Gasteiger partial charge in [-0.15, -0.1) is 0 Å². The summed E-state index contributed by atoms with van der Waals surface area (Å²) < 4.78 is 2.24. The van der Waals surface area contributed by atoms with Gasteiger partial charge in [0.05, 0.1) is 5.69 Å². The van der Waals surface area contributed by atoms with E-state index in [0.717, 1.165) is 16.9 Å². The zero-order valence-electron chi connectivity index (χ0n) is 10.9. The lowest BCUT2D eigenvalue weighted by Crippen LogP contribution is -1.98. The Labute approximate surface area is 113 Å². The molecule has 94 valence electrons. The molecule has 0 unspecified atom stereocenters. The highest BCUT2D eigenvalue weighted by molar-refractivity contribution is 5.67. The van der Waals surface area contributed by atoms with Gasteiger partial charge < -0.3 is 10.3 Å². The van der Waals surface area contributed by atoms with Crippen LogP contribution in [0.2, 0.25) is 0 Å². The van der Waals surface area contributed by atoms with Crippen molar-refractivity contribution < 1.29 is 0 Å². The zero-order valence-corrected chi connectivity index (χ0v) is 10.9. The summed E-state index contributed by atoms with van der Waals surface area (Å²) in [4.78, 5) is 0. The van der Waals surface area contributed by atoms with Crippen LogP contribution in [0.5, 0.6) is 0 Å². The van der Waals surface area contributed by atoms with Crippen LogP contribution in [-0.4, -0.2) is 4.57 Å². The lowest BCUT2D eigenvalue weighted by molar-refractivity contribution is 1.02. The minimum Gasteiger partial charge on any atom is -0.399 e. The molecule has 0 bridgehead atoms. The third kappa shape index (κ3) is 2.13. The van der Waals surface area contributed by atoms with Crippen molar-refractivity contribution in [2.24, 2.45) is 0 Å². The Morgan fingerprint density at radius 2 is 1.63 bits per heavy atom. The Hall–Kier alpha value is -2.48. The Kier molecular flexibility index (Phi) is 2.84. The highest BCUT2D eigenvalue weighted by atomic mass is 15.0. The molecule has 3 rings (SSSR count). The van der Waals surface area contributed by atoms with Crippen LogP contribution in [-0.2, 0) is 0 Å². The third-order valence-corrected chi connectivity index (χ3v) is 3.27. The van der Waals surface area contributed by atoms with Crippen LogP contribution >= 0.6 is 0 Å². The van der Waals surface area contributed by atoms with E-state index >= 15 is 0 Å². The maximum atomic E-state index is 5.88. The maximum Gasteiger partial charge on any atom is 0.0532 e. The first-order valence-electron chi connectivity index (χ1n) is 6.35. The van der Waals surface area contributed by atoms with Crippen LogP contribution in [0.25, 0.3) is 16.9 Å². The standard InChI is InChI=1S/C17H16N2/c1-13-10-11-17(14-6-5-7-15(18)12-14)19(13)16-8-3-2-4-9-16/h2-12H,18H2,1H3. The molecule has 0 atom stereocenters. The number of rotatable bonds is 2. The van der Waals surface area contributed by atoms with E-state index in [1.165, 1.54) is 11.4 Å². The van der Waals surface area contributed by atoms with Crippen LogP contribution in [0, 0.1) is 6.92 Å². The number of para-hydroxylation sites is 1. The molecule has 2 N–H and O–H groups in total. The second-order valence-electron chi connectivity index (χ2n) is 4.66. The summed E-state index contributed by atoms with van der Waals surface area (Å²) in [7, 11) is 0. The number of anilines is 1. The molecule has 1 heterocycles. The van der Waals surface area contributed by atoms with Crippen molar-refractivity contribution in [2.75, 3.05) is 5.73 Å². The summed E-state index contributed by atoms with van der Waals surface area (Å²) in [5, 5.41) is 0. The van der Waals surface area contributed by atoms with Crippen molar-refractivity contribution in [3.05, 3.63) is 72.4 Å². The predicted octanol–water partition coefficient (Wildman–Crippen LogP) is 4.03. The van der Waals surface area contributed by atoms with E-state index in [-0.39, 0.29) is 0 Å². The lowest BCUT2D eigenvalue weighted by Gasteiger charge is -2.12. The quantitative estimate of drug-likeness (QED) is 0.682. The predicted molar refractivity (Wildman–Crippen MR) is 80.4 cm³/mol. The van der Waals surface area contributed by atoms with Crippen molar-refractivity contribution in [1.29, 1.82) is 0 Å². The average Bonchev–Trinajstić information content (AvgIpc) is 2.82. The fourth-order valence-electron chi connectivity index (χ4n) is 2.38. The summed E-state index contributed by atoms with van der Waals surface area (Å²) in [6, 6.07) is 22.6. The van der Waals surface area contributed by atoms with Crippen molar-refractivity contribution in [1.82, 2.24) is 4.57 Å². The van der Waals surface area contributed by atoms with E-state index in [1.807, 2.05) is 24.3 Å². The lowest BCUT2D eigenvalue weighted by atomic mass is 10.1. The van der Waals surface area contributed by atoms with Gasteiger partial charge in [0.1, 0.15) is 0 Å². The first kappa shape index (κ1) is 11.6. The Balaban J connectivity index is 2.19. The van der Waals surface area contributed by atoms with Gasteiger partial charge in [-0.25, -0.2) is 0 Å². The molecule has 0 aliphatic carbocycles. The summed E-state index contributed by atoms with van der Waals surface area (Å²) >= 11 is 0. The van der Waals surface area contributed by atoms with E-state index in [2.05, 4.69) is 54.0 Å². The molecular formula is C17H16N2. The number of nitrogens with zero attached hydrogens (tertiary/aromatic N) is 1. The van der Waals surface area contributed by atoms with Crippen LogP contribution in [0.4, 0.5) is 5.69 Å². The molecule has 0 amide bonds. The molecule has 0 spiro atoms. The minimum absolute atomic E-state index is 0.788. The maximum absolute atomic E-state index is 5.88. The number of aromatic nitrogens is 1. The molecule has 19 heavy (non-hydrogen) atoms. The highest BCUT2D eigenvalue weighted by Gasteiger charge is 2.09. The molecule has 0 radical (unpaired) electrons. The Bertz CT molecular complexity index is 696. The number of nitrogens with two attached hydrogens (primary N) is 1. The van der Waals surface area contributed by atoms with E-state index in [1.54, 1.807) is 0 Å². The summed E-state index contributed by atoms with van der Waals surface area (Å²) in [6.07, 6.45) is 0. The molecule has 0 saturated heterocycles. The van der Waals surface area contributed by atoms with Gasteiger partial charge in [-0.05, 0) is 43.3 Å². The largest absolute Gasteiger partial charge is 0.399 e. The molecule has 2 aromatic carbocycles. The topological polar surface area (TPSA) is 30.9 Å². The zero-order chi connectivity index (χ0) is 13.2. The fourth-order valence-corrected chi connectivity index (χ4v) is 2.38. The van der Waals surface area contributed by atoms with Gasteiger partial charge in [-0.2, -0.15) is 0 Å². The number of nitrogen functional groups attached to an aromatic ring is 1. The molecule has 0 aliphatic rings. The molecule has 2 heteroatoms. The van der Waals surface area contributed by atoms with Gasteiger partial charge in [-0.3, -0.25) is 0 Å². The molecule has 0 saturated carbocycles. The first-order valence-corrected chi connectivity index (χ1v) is 6.35. The Morgan fingerprint density at radius 1 is 0.842 bits per heavy atom. The SMILES string of the molecule is Cc1ccc(-c2cccc(N)c2)n1-c1ccccc1. The van der Waals surface area contributed by atoms with Gasteiger partial charge in [0.15, 0.2) is 0 Å². The fraction of sp³-hybridized carbons (Fsp3) is 0.0588. The Morgan fingerprint density at radius 3 is 2.37 bits per heavy atom. The molecule has 3 aromatic rings. The number of hydrogen-bond acceptors (Lipinski definition) is 1. The smallest absolute Gasteiger partial charge is 0.0532 e. The second kappa shape index (κ2) is 4.65. The van der Waals surface area contributed by atoms with Crippen LogP contribution < -0.4 is 5.73 Å². The van der Waals surface area contributed by atoms with Gasteiger partial charge in [0.25, 0.3) is 0 Å². The minimum atomic E-state index is 0.788. The van der Waals surface area contributed by atoms with Gasteiger partial charge in [0.2, 0.25) is 0 Å². The summed E-state index contributed by atoms with van der Waals surface area (Å²) in [5.41, 5.74) is 11.3. The van der Waals surface area contributed by atoms with Crippen molar-refractivity contribution in [2.45, 2.75) is 6.92 Å². The molecular weight excluding hydrogens is 232 g/mol. The summed E-state index contributed by atoms with van der Waals surface area (Å²) in [6.45, 7) is 2.11. The van der Waals surface area contributed by atoms with Crippen molar-refractivity contribution in [3.63, 3.8) is 0 Å². The molecule has 0 fully saturated rings. The number of benzene rings is 2. The molecule has 1 aromatic heterocycles. The number of aryl methyl sites for hydroxylation is 1. The monoisotopic (exact) mass is 248 g/mol. The average molecular weight is 248 g/mol. The molecule has 0 aliphatic heterocycles. The van der Waals surface area contributed by atoms with Gasteiger partial charge in [0, 0.05) is 22.6 Å². The van der Waals surface area contributed by atoms with E-state index in [9.17, 15) is 0 Å².